The van der Waals surface area contributed by atoms with Gasteiger partial charge in [0, 0.05) is 6.07 Å². The van der Waals surface area contributed by atoms with Gasteiger partial charge in [0.25, 0.3) is 5.24 Å². The van der Waals surface area contributed by atoms with Crippen molar-refractivity contribution >= 4 is 40.0 Å². The lowest BCUT2D eigenvalue weighted by Gasteiger charge is -2.13. The van der Waals surface area contributed by atoms with E-state index in [9.17, 15) is 18.0 Å². The summed E-state index contributed by atoms with van der Waals surface area (Å²) in [5, 5.41) is -1.27. The lowest BCUT2D eigenvalue weighted by atomic mass is 10.2. The Hall–Kier alpha value is -1.63. The fourth-order valence-electron chi connectivity index (χ4n) is 1.71. The van der Waals surface area contributed by atoms with Gasteiger partial charge in [0.05, 0.1) is 15.6 Å². The van der Waals surface area contributed by atoms with Crippen LogP contribution in [0.3, 0.4) is 0 Å². The van der Waals surface area contributed by atoms with E-state index in [2.05, 4.69) is 0 Å². The minimum absolute atomic E-state index is 0.128. The number of carbonyl (C=O) groups excluding carboxylic acids is 1. The molecular weight excluding hydrogens is 392 g/mol. The Balaban J connectivity index is 2.25. The van der Waals surface area contributed by atoms with E-state index in [1.807, 2.05) is 0 Å². The normalized spacial score (nSPS) is 11.2. The van der Waals surface area contributed by atoms with Gasteiger partial charge in [-0.2, -0.15) is 13.2 Å². The monoisotopic (exact) mass is 398 g/mol. The topological polar surface area (TPSA) is 35.5 Å². The van der Waals surface area contributed by atoms with Gasteiger partial charge >= 0.3 is 6.18 Å². The van der Waals surface area contributed by atoms with Gasteiger partial charge in [0.2, 0.25) is 0 Å². The smallest absolute Gasteiger partial charge is 0.416 e. The van der Waals surface area contributed by atoms with Gasteiger partial charge in [0.1, 0.15) is 11.5 Å². The van der Waals surface area contributed by atoms with Crippen LogP contribution in [0.4, 0.5) is 13.2 Å². The molecule has 0 saturated carbocycles. The van der Waals surface area contributed by atoms with Gasteiger partial charge < -0.3 is 9.47 Å². The van der Waals surface area contributed by atoms with E-state index in [1.54, 1.807) is 12.1 Å². The molecule has 0 aliphatic heterocycles. The molecule has 0 heterocycles. The van der Waals surface area contributed by atoms with Crippen molar-refractivity contribution in [2.45, 2.75) is 6.18 Å². The fourth-order valence-corrected chi connectivity index (χ4v) is 2.33. The molecule has 3 nitrogen and oxygen atoms in total. The molecule has 0 N–H and O–H groups in total. The van der Waals surface area contributed by atoms with E-state index < -0.39 is 17.0 Å². The summed E-state index contributed by atoms with van der Waals surface area (Å²) in [6, 6.07) is 7.45. The molecule has 0 aromatic heterocycles. The minimum atomic E-state index is -4.58. The van der Waals surface area contributed by atoms with E-state index in [0.717, 1.165) is 12.1 Å². The van der Waals surface area contributed by atoms with Crippen LogP contribution in [0.2, 0.25) is 10.0 Å². The molecule has 2 aromatic rings. The molecule has 0 unspecified atom stereocenters. The third kappa shape index (κ3) is 4.93. The van der Waals surface area contributed by atoms with Crippen molar-refractivity contribution in [3.05, 3.63) is 52.0 Å². The highest BCUT2D eigenvalue weighted by atomic mass is 35.5. The largest absolute Gasteiger partial charge is 0.484 e. The van der Waals surface area contributed by atoms with Gasteiger partial charge in [-0.05, 0) is 35.9 Å². The predicted molar refractivity (Wildman–Crippen MR) is 84.3 cm³/mol. The van der Waals surface area contributed by atoms with Crippen LogP contribution in [-0.2, 0) is 11.0 Å². The highest BCUT2D eigenvalue weighted by molar-refractivity contribution is 6.63. The molecule has 9 heteroatoms. The van der Waals surface area contributed by atoms with Crippen LogP contribution in [0, 0.1) is 0 Å². The number of hydrogen-bond donors (Lipinski definition) is 0. The van der Waals surface area contributed by atoms with Crippen molar-refractivity contribution in [2.24, 2.45) is 0 Å². The quantitative estimate of drug-likeness (QED) is 0.583. The molecule has 0 atom stereocenters. The molecule has 0 radical (unpaired) electrons. The first kappa shape index (κ1) is 18.7. The molecule has 24 heavy (non-hydrogen) atoms. The number of rotatable bonds is 5. The van der Waals surface area contributed by atoms with Crippen molar-refractivity contribution in [1.82, 2.24) is 0 Å². The molecule has 0 aliphatic carbocycles. The summed E-state index contributed by atoms with van der Waals surface area (Å²) >= 11 is 16.8. The maximum atomic E-state index is 12.7. The second-order valence-electron chi connectivity index (χ2n) is 4.49. The van der Waals surface area contributed by atoms with Gasteiger partial charge in [-0.3, -0.25) is 4.79 Å². The molecular formula is C15H8Cl3F3O3. The Kier molecular flexibility index (Phi) is 5.85. The second-order valence-corrected chi connectivity index (χ2v) is 5.72. The van der Waals surface area contributed by atoms with Crippen LogP contribution in [0.25, 0.3) is 0 Å². The average molecular weight is 400 g/mol. The van der Waals surface area contributed by atoms with Gasteiger partial charge in [-0.1, -0.05) is 29.3 Å². The van der Waals surface area contributed by atoms with Gasteiger partial charge in [-0.15, -0.1) is 0 Å². The second kappa shape index (κ2) is 7.51. The number of alkyl halides is 3. The zero-order valence-electron chi connectivity index (χ0n) is 11.7. The molecule has 0 bridgehead atoms. The van der Waals surface area contributed by atoms with E-state index in [0.29, 0.717) is 0 Å². The summed E-state index contributed by atoms with van der Waals surface area (Å²) in [5.41, 5.74) is -0.984. The molecule has 0 aliphatic rings. The zero-order valence-corrected chi connectivity index (χ0v) is 13.9. The van der Waals surface area contributed by atoms with E-state index in [1.165, 1.54) is 12.1 Å². The summed E-state index contributed by atoms with van der Waals surface area (Å²) < 4.78 is 48.6. The predicted octanol–water partition coefficient (Wildman–Crippen LogP) is 5.95. The van der Waals surface area contributed by atoms with Crippen molar-refractivity contribution in [2.75, 3.05) is 6.61 Å². The Labute approximate surface area is 149 Å². The number of benzene rings is 2. The summed E-state index contributed by atoms with van der Waals surface area (Å²) in [6.07, 6.45) is -4.58. The first-order chi connectivity index (χ1) is 11.2. The van der Waals surface area contributed by atoms with Crippen molar-refractivity contribution in [3.8, 4) is 17.2 Å². The molecule has 0 fully saturated rings. The minimum Gasteiger partial charge on any atom is -0.484 e. The molecule has 2 aromatic carbocycles. The first-order valence-corrected chi connectivity index (χ1v) is 7.45. The Morgan fingerprint density at radius 2 is 1.62 bits per heavy atom. The van der Waals surface area contributed by atoms with Gasteiger partial charge in [0.15, 0.2) is 12.4 Å². The maximum Gasteiger partial charge on any atom is 0.416 e. The first-order valence-electron chi connectivity index (χ1n) is 6.32. The number of halogens is 6. The fraction of sp³-hybridized carbons (Fsp3) is 0.133. The summed E-state index contributed by atoms with van der Waals surface area (Å²) in [5.74, 6) is 0.357. The standard InChI is InChI=1S/C15H8Cl3F3O3/c16-11-4-8(15(19,20)21)5-12(17)14(11)24-10-3-1-2-9(6-10)23-7-13(18)22/h1-6H,7H2. The van der Waals surface area contributed by atoms with Crippen LogP contribution in [0.5, 0.6) is 17.2 Å². The molecule has 128 valence electrons. The van der Waals surface area contributed by atoms with Crippen LogP contribution in [0.1, 0.15) is 5.56 Å². The van der Waals surface area contributed by atoms with Gasteiger partial charge in [-0.25, -0.2) is 0 Å². The molecule has 0 spiro atoms. The summed E-state index contributed by atoms with van der Waals surface area (Å²) in [7, 11) is 0. The zero-order chi connectivity index (χ0) is 17.9. The highest BCUT2D eigenvalue weighted by Crippen LogP contribution is 2.41. The maximum absolute atomic E-state index is 12.7. The molecule has 0 saturated heterocycles. The lowest BCUT2D eigenvalue weighted by Crippen LogP contribution is -2.05. The van der Waals surface area contributed by atoms with Crippen molar-refractivity contribution < 1.29 is 27.4 Å². The third-order valence-electron chi connectivity index (χ3n) is 2.70. The number of hydrogen-bond acceptors (Lipinski definition) is 3. The van der Waals surface area contributed by atoms with Crippen molar-refractivity contribution in [3.63, 3.8) is 0 Å². The third-order valence-corrected chi connectivity index (χ3v) is 3.37. The van der Waals surface area contributed by atoms with E-state index in [4.69, 9.17) is 44.3 Å². The van der Waals surface area contributed by atoms with Crippen LogP contribution < -0.4 is 9.47 Å². The lowest BCUT2D eigenvalue weighted by molar-refractivity contribution is -0.137. The number of carbonyl (C=O) groups is 1. The average Bonchev–Trinajstić information content (AvgIpc) is 2.48. The molecule has 2 rings (SSSR count). The number of ether oxygens (including phenoxy) is 2. The summed E-state index contributed by atoms with van der Waals surface area (Å²) in [6.45, 7) is -0.340. The Bertz CT molecular complexity index is 740. The van der Waals surface area contributed by atoms with Crippen LogP contribution >= 0.6 is 34.8 Å². The van der Waals surface area contributed by atoms with E-state index >= 15 is 0 Å². The Morgan fingerprint density at radius 1 is 1.04 bits per heavy atom. The van der Waals surface area contributed by atoms with Crippen LogP contribution in [0.15, 0.2) is 36.4 Å². The SMILES string of the molecule is O=C(Cl)COc1cccc(Oc2c(Cl)cc(C(F)(F)F)cc2Cl)c1. The van der Waals surface area contributed by atoms with E-state index in [-0.39, 0.29) is 33.9 Å². The van der Waals surface area contributed by atoms with Crippen LogP contribution in [-0.4, -0.2) is 11.8 Å². The summed E-state index contributed by atoms with van der Waals surface area (Å²) in [4.78, 5) is 10.7. The highest BCUT2D eigenvalue weighted by Gasteiger charge is 2.32. The Morgan fingerprint density at radius 3 is 2.17 bits per heavy atom. The molecule has 0 amide bonds. The van der Waals surface area contributed by atoms with Crippen molar-refractivity contribution in [1.29, 1.82) is 0 Å².